The number of nitrogens with zero attached hydrogens (tertiary/aromatic N) is 1. The number of benzene rings is 1. The van der Waals surface area contributed by atoms with Gasteiger partial charge in [0, 0.05) is 21.5 Å². The molecule has 1 saturated carbocycles. The Morgan fingerprint density at radius 2 is 1.90 bits per heavy atom. The summed E-state index contributed by atoms with van der Waals surface area (Å²) in [7, 11) is 0. The largest absolute Gasteiger partial charge is 0.416 e. The Morgan fingerprint density at radius 1 is 1.19 bits per heavy atom. The van der Waals surface area contributed by atoms with E-state index in [0.29, 0.717) is 4.88 Å². The third-order valence-electron chi connectivity index (χ3n) is 5.28. The highest BCUT2D eigenvalue weighted by molar-refractivity contribution is 7.12. The van der Waals surface area contributed by atoms with Gasteiger partial charge in [-0.25, -0.2) is 0 Å². The number of hydrogen-bond acceptors (Lipinski definition) is 3. The molecule has 1 atom stereocenters. The maximum Gasteiger partial charge on any atom is 0.416 e. The van der Waals surface area contributed by atoms with Crippen molar-refractivity contribution < 1.29 is 22.8 Å². The van der Waals surface area contributed by atoms with E-state index < -0.39 is 29.6 Å². The van der Waals surface area contributed by atoms with Crippen LogP contribution in [0.2, 0.25) is 0 Å². The summed E-state index contributed by atoms with van der Waals surface area (Å²) < 4.78 is 39.9. The second-order valence-corrected chi connectivity index (χ2v) is 8.88. The first-order valence-corrected chi connectivity index (χ1v) is 10.9. The van der Waals surface area contributed by atoms with Crippen LogP contribution in [-0.4, -0.2) is 17.9 Å². The Kier molecular flexibility index (Phi) is 7.06. The fourth-order valence-corrected chi connectivity index (χ4v) is 4.75. The highest BCUT2D eigenvalue weighted by Crippen LogP contribution is 2.36. The second kappa shape index (κ2) is 9.56. The molecule has 0 aliphatic heterocycles. The first-order valence-electron chi connectivity index (χ1n) is 10.0. The number of aryl methyl sites for hydroxylation is 1. The van der Waals surface area contributed by atoms with Gasteiger partial charge in [0.15, 0.2) is 6.04 Å². The van der Waals surface area contributed by atoms with Crippen LogP contribution in [0.1, 0.15) is 53.5 Å². The highest BCUT2D eigenvalue weighted by atomic mass is 32.1. The summed E-state index contributed by atoms with van der Waals surface area (Å²) in [6, 6.07) is 6.62. The predicted octanol–water partition coefficient (Wildman–Crippen LogP) is 5.23. The van der Waals surface area contributed by atoms with Gasteiger partial charge in [0.25, 0.3) is 0 Å². The average molecular weight is 449 g/mol. The molecule has 2 aromatic rings. The van der Waals surface area contributed by atoms with Crippen LogP contribution < -0.4 is 10.2 Å². The minimum absolute atomic E-state index is 0.0332. The topological polar surface area (TPSA) is 49.4 Å². The van der Waals surface area contributed by atoms with Crippen molar-refractivity contribution >= 4 is 28.8 Å². The summed E-state index contributed by atoms with van der Waals surface area (Å²) in [5.74, 6) is 0.638. The second-order valence-electron chi connectivity index (χ2n) is 7.56. The van der Waals surface area contributed by atoms with Gasteiger partial charge in [-0.3, -0.25) is 14.5 Å². The van der Waals surface area contributed by atoms with Gasteiger partial charge in [0.05, 0.1) is 5.56 Å². The van der Waals surface area contributed by atoms with Crippen molar-refractivity contribution in [3.8, 4) is 12.3 Å². The Labute approximate surface area is 183 Å². The lowest BCUT2D eigenvalue weighted by atomic mass is 9.95. The summed E-state index contributed by atoms with van der Waals surface area (Å²) in [6.07, 6.45) is 5.50. The normalized spacial score (nSPS) is 15.7. The summed E-state index contributed by atoms with van der Waals surface area (Å²) in [5, 5.41) is 2.98. The first kappa shape index (κ1) is 22.9. The van der Waals surface area contributed by atoms with Gasteiger partial charge in [-0.05, 0) is 56.0 Å². The Morgan fingerprint density at radius 3 is 2.48 bits per heavy atom. The number of thiophene rings is 1. The van der Waals surface area contributed by atoms with Gasteiger partial charge >= 0.3 is 12.1 Å². The molecule has 0 bridgehead atoms. The van der Waals surface area contributed by atoms with Crippen molar-refractivity contribution in [2.24, 2.45) is 0 Å². The van der Waals surface area contributed by atoms with Crippen molar-refractivity contribution in [2.45, 2.75) is 57.3 Å². The Hall–Kier alpha value is -2.79. The lowest BCUT2D eigenvalue weighted by Gasteiger charge is -2.31. The van der Waals surface area contributed by atoms with Gasteiger partial charge in [0.2, 0.25) is 5.91 Å². The maximum atomic E-state index is 13.3. The molecule has 1 aromatic heterocycles. The van der Waals surface area contributed by atoms with E-state index in [9.17, 15) is 22.8 Å². The number of halogens is 3. The summed E-state index contributed by atoms with van der Waals surface area (Å²) in [5.41, 5.74) is -0.999. The molecule has 3 rings (SSSR count). The van der Waals surface area contributed by atoms with E-state index in [1.54, 1.807) is 12.1 Å². The molecule has 1 aromatic carbocycles. The van der Waals surface area contributed by atoms with Crippen LogP contribution in [0, 0.1) is 19.3 Å². The molecule has 2 amide bonds. The number of carbonyl (C=O) groups excluding carboxylic acids is 2. The average Bonchev–Trinajstić information content (AvgIpc) is 3.17. The number of amides is 2. The van der Waals surface area contributed by atoms with E-state index in [1.165, 1.54) is 23.5 Å². The molecule has 31 heavy (non-hydrogen) atoms. The SMILES string of the molecule is C#CC(=O)N(c1cccc(C(F)(F)F)c1)C(C(=O)NC1CCCCC1)c1ccc(C)s1. The van der Waals surface area contributed by atoms with Crippen LogP contribution in [0.4, 0.5) is 18.9 Å². The summed E-state index contributed by atoms with van der Waals surface area (Å²) in [6.45, 7) is 1.85. The van der Waals surface area contributed by atoms with Gasteiger partial charge in [0.1, 0.15) is 0 Å². The summed E-state index contributed by atoms with van der Waals surface area (Å²) >= 11 is 1.30. The van der Waals surface area contributed by atoms with Gasteiger partial charge in [-0.2, -0.15) is 13.2 Å². The van der Waals surface area contributed by atoms with E-state index in [-0.39, 0.29) is 11.7 Å². The standard InChI is InChI=1S/C23H23F3N2O2S/c1-3-20(29)28(18-11-7-8-16(14-18)23(24,25)26)21(19-13-12-15(2)31-19)22(30)27-17-9-5-4-6-10-17/h1,7-8,11-14,17,21H,4-6,9-10H2,2H3,(H,27,30). The molecule has 1 fully saturated rings. The van der Waals surface area contributed by atoms with Crippen molar-refractivity contribution in [3.63, 3.8) is 0 Å². The lowest BCUT2D eigenvalue weighted by Crippen LogP contribution is -2.46. The molecule has 1 N–H and O–H groups in total. The molecule has 1 heterocycles. The number of carbonyl (C=O) groups is 2. The smallest absolute Gasteiger partial charge is 0.351 e. The molecule has 0 spiro atoms. The number of rotatable bonds is 5. The molecule has 164 valence electrons. The third kappa shape index (κ3) is 5.47. The maximum absolute atomic E-state index is 13.3. The zero-order chi connectivity index (χ0) is 22.6. The fraction of sp³-hybridized carbons (Fsp3) is 0.391. The monoisotopic (exact) mass is 448 g/mol. The number of terminal acetylenes is 1. The van der Waals surface area contributed by atoms with E-state index in [0.717, 1.165) is 54.0 Å². The Bertz CT molecular complexity index is 987. The number of hydrogen-bond donors (Lipinski definition) is 1. The van der Waals surface area contributed by atoms with Crippen LogP contribution >= 0.6 is 11.3 Å². The van der Waals surface area contributed by atoms with Crippen molar-refractivity contribution in [3.05, 3.63) is 51.7 Å². The Balaban J connectivity index is 2.05. The minimum Gasteiger partial charge on any atom is -0.351 e. The van der Waals surface area contributed by atoms with E-state index >= 15 is 0 Å². The molecule has 0 saturated heterocycles. The van der Waals surface area contributed by atoms with Crippen LogP contribution in [-0.2, 0) is 15.8 Å². The lowest BCUT2D eigenvalue weighted by molar-refractivity contribution is -0.137. The first-order chi connectivity index (χ1) is 14.7. The van der Waals surface area contributed by atoms with Crippen LogP contribution in [0.15, 0.2) is 36.4 Å². The molecule has 1 aliphatic carbocycles. The molecular weight excluding hydrogens is 425 g/mol. The quantitative estimate of drug-likeness (QED) is 0.637. The molecule has 1 aliphatic rings. The van der Waals surface area contributed by atoms with E-state index in [1.807, 2.05) is 12.8 Å². The molecule has 8 heteroatoms. The van der Waals surface area contributed by atoms with Gasteiger partial charge in [-0.15, -0.1) is 17.8 Å². The number of alkyl halides is 3. The van der Waals surface area contributed by atoms with Crippen molar-refractivity contribution in [1.29, 1.82) is 0 Å². The molecule has 4 nitrogen and oxygen atoms in total. The molecule has 1 unspecified atom stereocenters. The van der Waals surface area contributed by atoms with Crippen molar-refractivity contribution in [2.75, 3.05) is 4.90 Å². The van der Waals surface area contributed by atoms with E-state index in [2.05, 4.69) is 5.32 Å². The predicted molar refractivity (Wildman–Crippen MR) is 115 cm³/mol. The van der Waals surface area contributed by atoms with Crippen molar-refractivity contribution in [1.82, 2.24) is 5.32 Å². The summed E-state index contributed by atoms with van der Waals surface area (Å²) in [4.78, 5) is 28.5. The zero-order valence-electron chi connectivity index (χ0n) is 17.0. The van der Waals surface area contributed by atoms with Crippen LogP contribution in [0.25, 0.3) is 0 Å². The third-order valence-corrected chi connectivity index (χ3v) is 6.34. The molecule has 0 radical (unpaired) electrons. The number of nitrogens with one attached hydrogen (secondary N) is 1. The molecular formula is C23H23F3N2O2S. The van der Waals surface area contributed by atoms with Crippen LogP contribution in [0.3, 0.4) is 0 Å². The highest BCUT2D eigenvalue weighted by Gasteiger charge is 2.36. The minimum atomic E-state index is -4.60. The van der Waals surface area contributed by atoms with Gasteiger partial charge < -0.3 is 5.32 Å². The van der Waals surface area contributed by atoms with E-state index in [4.69, 9.17) is 6.42 Å². The number of anilines is 1. The zero-order valence-corrected chi connectivity index (χ0v) is 17.9. The van der Waals surface area contributed by atoms with Crippen LogP contribution in [0.5, 0.6) is 0 Å². The van der Waals surface area contributed by atoms with Gasteiger partial charge in [-0.1, -0.05) is 25.3 Å². The fourth-order valence-electron chi connectivity index (χ4n) is 3.79.